The van der Waals surface area contributed by atoms with Crippen LogP contribution in [-0.4, -0.2) is 23.1 Å². The van der Waals surface area contributed by atoms with E-state index in [-0.39, 0.29) is 28.1 Å². The second-order valence-electron chi connectivity index (χ2n) is 3.57. The summed E-state index contributed by atoms with van der Waals surface area (Å²) in [6.45, 7) is 1.55. The van der Waals surface area contributed by atoms with E-state index in [4.69, 9.17) is 11.5 Å². The van der Waals surface area contributed by atoms with Crippen LogP contribution in [0.5, 0.6) is 0 Å². The molecule has 0 aliphatic rings. The zero-order valence-corrected chi connectivity index (χ0v) is 11.2. The van der Waals surface area contributed by atoms with Crippen molar-refractivity contribution in [3.05, 3.63) is 28.8 Å². The molecule has 7 heteroatoms. The molecule has 0 fully saturated rings. The summed E-state index contributed by atoms with van der Waals surface area (Å²) in [5.41, 5.74) is 11.3. The van der Waals surface area contributed by atoms with Crippen molar-refractivity contribution in [1.29, 1.82) is 0 Å². The fourth-order valence-corrected chi connectivity index (χ4v) is 1.72. The van der Waals surface area contributed by atoms with Gasteiger partial charge in [-0.2, -0.15) is 0 Å². The normalized spacial score (nSPS) is 9.89. The molecule has 96 valence electrons. The largest absolute Gasteiger partial charge is 0.366 e. The van der Waals surface area contributed by atoms with Gasteiger partial charge in [0.15, 0.2) is 0 Å². The van der Waals surface area contributed by atoms with Gasteiger partial charge in [0.1, 0.15) is 0 Å². The number of amides is 3. The zero-order valence-electron chi connectivity index (χ0n) is 9.62. The van der Waals surface area contributed by atoms with Gasteiger partial charge in [0.2, 0.25) is 11.8 Å². The smallest absolute Gasteiger partial charge is 0.251 e. The van der Waals surface area contributed by atoms with Crippen molar-refractivity contribution < 1.29 is 14.4 Å². The molecule has 1 aromatic carbocycles. The number of halogens is 1. The third-order valence-electron chi connectivity index (χ3n) is 2.37. The molecule has 0 radical (unpaired) electrons. The lowest BCUT2D eigenvalue weighted by Crippen LogP contribution is -2.22. The highest BCUT2D eigenvalue weighted by molar-refractivity contribution is 9.09. The van der Waals surface area contributed by atoms with Crippen LogP contribution < -0.4 is 16.8 Å². The van der Waals surface area contributed by atoms with E-state index in [1.54, 1.807) is 6.92 Å². The third kappa shape index (κ3) is 2.86. The van der Waals surface area contributed by atoms with Crippen molar-refractivity contribution in [3.8, 4) is 0 Å². The number of alkyl halides is 1. The Bertz CT molecular complexity index is 529. The molecule has 0 saturated carbocycles. The van der Waals surface area contributed by atoms with Crippen molar-refractivity contribution in [2.75, 3.05) is 10.6 Å². The molecule has 0 atom stereocenters. The summed E-state index contributed by atoms with van der Waals surface area (Å²) < 4.78 is 0. The average molecular weight is 314 g/mol. The van der Waals surface area contributed by atoms with Gasteiger partial charge < -0.3 is 16.8 Å². The van der Waals surface area contributed by atoms with E-state index in [2.05, 4.69) is 21.2 Å². The minimum Gasteiger partial charge on any atom is -0.366 e. The molecule has 0 heterocycles. The number of primary amides is 2. The van der Waals surface area contributed by atoms with Gasteiger partial charge in [-0.15, -0.1) is 0 Å². The number of nitrogens with two attached hydrogens (primary N) is 2. The van der Waals surface area contributed by atoms with E-state index < -0.39 is 11.8 Å². The Labute approximate surface area is 112 Å². The predicted octanol–water partition coefficient (Wildman–Crippen LogP) is 0.526. The molecule has 3 amide bonds. The van der Waals surface area contributed by atoms with Gasteiger partial charge in [-0.3, -0.25) is 14.4 Å². The average Bonchev–Trinajstić information content (AvgIpc) is 2.27. The Morgan fingerprint density at radius 2 is 1.83 bits per heavy atom. The zero-order chi connectivity index (χ0) is 13.9. The molecule has 0 bridgehead atoms. The van der Waals surface area contributed by atoms with Gasteiger partial charge in [-0.1, -0.05) is 15.9 Å². The lowest BCUT2D eigenvalue weighted by Gasteiger charge is -2.13. The number of benzene rings is 1. The summed E-state index contributed by atoms with van der Waals surface area (Å²) in [6.07, 6.45) is 0. The molecule has 0 unspecified atom stereocenters. The maximum Gasteiger partial charge on any atom is 0.251 e. The van der Waals surface area contributed by atoms with Crippen LogP contribution in [-0.2, 0) is 4.79 Å². The SMILES string of the molecule is Cc1c(C(N)=O)ccc(NC(=O)CBr)c1C(N)=O. The van der Waals surface area contributed by atoms with Gasteiger partial charge in [-0.05, 0) is 24.6 Å². The van der Waals surface area contributed by atoms with Gasteiger partial charge in [0.25, 0.3) is 5.91 Å². The van der Waals surface area contributed by atoms with Crippen LogP contribution in [0.1, 0.15) is 26.3 Å². The first-order valence-electron chi connectivity index (χ1n) is 4.97. The molecule has 0 aliphatic carbocycles. The first kappa shape index (κ1) is 14.2. The third-order valence-corrected chi connectivity index (χ3v) is 2.88. The topological polar surface area (TPSA) is 115 Å². The van der Waals surface area contributed by atoms with Crippen LogP contribution in [0.15, 0.2) is 12.1 Å². The molecule has 0 aromatic heterocycles. The Morgan fingerprint density at radius 3 is 2.28 bits per heavy atom. The minimum absolute atomic E-state index is 0.0839. The summed E-state index contributed by atoms with van der Waals surface area (Å²) >= 11 is 2.99. The van der Waals surface area contributed by atoms with Crippen LogP contribution in [0, 0.1) is 6.92 Å². The molecule has 18 heavy (non-hydrogen) atoms. The van der Waals surface area contributed by atoms with E-state index in [1.165, 1.54) is 12.1 Å². The van der Waals surface area contributed by atoms with Crippen LogP contribution in [0.3, 0.4) is 0 Å². The molecule has 1 rings (SSSR count). The summed E-state index contributed by atoms with van der Waals surface area (Å²) in [7, 11) is 0. The minimum atomic E-state index is -0.736. The molecular formula is C11H12BrN3O3. The number of hydrogen-bond acceptors (Lipinski definition) is 3. The van der Waals surface area contributed by atoms with Crippen LogP contribution >= 0.6 is 15.9 Å². The number of nitrogens with one attached hydrogen (secondary N) is 1. The lowest BCUT2D eigenvalue weighted by molar-refractivity contribution is -0.113. The van der Waals surface area contributed by atoms with Crippen molar-refractivity contribution in [3.63, 3.8) is 0 Å². The second-order valence-corrected chi connectivity index (χ2v) is 4.13. The van der Waals surface area contributed by atoms with Crippen LogP contribution in [0.2, 0.25) is 0 Å². The molecular weight excluding hydrogens is 302 g/mol. The lowest BCUT2D eigenvalue weighted by atomic mass is 9.99. The number of carbonyl (C=O) groups excluding carboxylic acids is 3. The monoisotopic (exact) mass is 313 g/mol. The van der Waals surface area contributed by atoms with Crippen LogP contribution in [0.4, 0.5) is 5.69 Å². The van der Waals surface area contributed by atoms with Gasteiger partial charge in [-0.25, -0.2) is 0 Å². The van der Waals surface area contributed by atoms with Crippen molar-refractivity contribution >= 4 is 39.3 Å². The van der Waals surface area contributed by atoms with Gasteiger partial charge in [0.05, 0.1) is 16.6 Å². The molecule has 0 saturated heterocycles. The Hall–Kier alpha value is -1.89. The standard InChI is InChI=1S/C11H12BrN3O3/c1-5-6(10(13)17)2-3-7(9(5)11(14)18)15-8(16)4-12/h2-3H,4H2,1H3,(H2,13,17)(H2,14,18)(H,15,16). The summed E-state index contributed by atoms with van der Waals surface area (Å²) in [4.78, 5) is 33.8. The summed E-state index contributed by atoms with van der Waals surface area (Å²) in [6, 6.07) is 2.86. The number of rotatable bonds is 4. The molecule has 5 N–H and O–H groups in total. The molecule has 0 aliphatic heterocycles. The van der Waals surface area contributed by atoms with Crippen molar-refractivity contribution in [2.24, 2.45) is 11.5 Å². The van der Waals surface area contributed by atoms with Crippen molar-refractivity contribution in [1.82, 2.24) is 0 Å². The fourth-order valence-electron chi connectivity index (χ4n) is 1.58. The summed E-state index contributed by atoms with van der Waals surface area (Å²) in [5.74, 6) is -1.72. The first-order chi connectivity index (χ1) is 8.38. The number of anilines is 1. The van der Waals surface area contributed by atoms with Gasteiger partial charge in [0, 0.05) is 5.56 Å². The fraction of sp³-hybridized carbons (Fsp3) is 0.182. The second kappa shape index (κ2) is 5.63. The number of hydrogen-bond donors (Lipinski definition) is 3. The highest BCUT2D eigenvalue weighted by Crippen LogP contribution is 2.22. The quantitative estimate of drug-likeness (QED) is 0.704. The molecule has 0 spiro atoms. The van der Waals surface area contributed by atoms with E-state index in [1.807, 2.05) is 0 Å². The Kier molecular flexibility index (Phi) is 4.43. The highest BCUT2D eigenvalue weighted by atomic mass is 79.9. The van der Waals surface area contributed by atoms with E-state index in [0.29, 0.717) is 5.56 Å². The molecule has 6 nitrogen and oxygen atoms in total. The van der Waals surface area contributed by atoms with E-state index in [0.717, 1.165) is 0 Å². The maximum absolute atomic E-state index is 11.4. The Morgan fingerprint density at radius 1 is 1.22 bits per heavy atom. The van der Waals surface area contributed by atoms with Crippen LogP contribution in [0.25, 0.3) is 0 Å². The van der Waals surface area contributed by atoms with E-state index in [9.17, 15) is 14.4 Å². The first-order valence-corrected chi connectivity index (χ1v) is 6.09. The van der Waals surface area contributed by atoms with E-state index >= 15 is 0 Å². The maximum atomic E-state index is 11.4. The van der Waals surface area contributed by atoms with Crippen molar-refractivity contribution in [2.45, 2.75) is 6.92 Å². The Balaban J connectivity index is 3.37. The number of carbonyl (C=O) groups is 3. The predicted molar refractivity (Wildman–Crippen MR) is 70.6 cm³/mol. The summed E-state index contributed by atoms with van der Waals surface area (Å²) in [5, 5.41) is 2.59. The highest BCUT2D eigenvalue weighted by Gasteiger charge is 2.18. The van der Waals surface area contributed by atoms with Gasteiger partial charge >= 0.3 is 0 Å². The molecule has 1 aromatic rings.